The van der Waals surface area contributed by atoms with Crippen LogP contribution < -0.4 is 18.6 Å². The molecule has 49 heavy (non-hydrogen) atoms. The van der Waals surface area contributed by atoms with Gasteiger partial charge in [0.05, 0.1) is 0 Å². The zero-order chi connectivity index (χ0) is 33.8. The molecule has 0 fully saturated rings. The van der Waals surface area contributed by atoms with E-state index in [-0.39, 0.29) is 0 Å². The molecule has 0 aliphatic heterocycles. The van der Waals surface area contributed by atoms with Crippen molar-refractivity contribution in [2.75, 3.05) is 4.90 Å². The van der Waals surface area contributed by atoms with Gasteiger partial charge in [-0.3, -0.25) is 0 Å². The average molecular weight is 648 g/mol. The molecule has 0 atom stereocenters. The molecule has 0 N–H and O–H groups in total. The lowest BCUT2D eigenvalue weighted by Crippen LogP contribution is -2.32. The van der Waals surface area contributed by atoms with E-state index >= 15 is 0 Å². The van der Waals surface area contributed by atoms with Gasteiger partial charge in [-0.05, 0) is 69.8 Å². The molecule has 248 valence electrons. The molecule has 0 saturated heterocycles. The minimum atomic E-state index is 1.06. The molecular weight excluding hydrogens is 597 g/mol. The van der Waals surface area contributed by atoms with Crippen molar-refractivity contribution in [3.63, 3.8) is 0 Å². The van der Waals surface area contributed by atoms with Crippen molar-refractivity contribution in [2.24, 2.45) is 0 Å². The Morgan fingerprint density at radius 2 is 0.551 bits per heavy atom. The third-order valence-electron chi connectivity index (χ3n) is 9.36. The number of pyridine rings is 3. The molecule has 0 amide bonds. The highest BCUT2D eigenvalue weighted by Crippen LogP contribution is 2.37. The van der Waals surface area contributed by atoms with Crippen molar-refractivity contribution < 1.29 is 13.7 Å². The van der Waals surface area contributed by atoms with E-state index in [1.54, 1.807) is 0 Å². The summed E-state index contributed by atoms with van der Waals surface area (Å²) in [6.45, 7) is 9.90. The third kappa shape index (κ3) is 8.69. The lowest BCUT2D eigenvalue weighted by Gasteiger charge is -2.26. The summed E-state index contributed by atoms with van der Waals surface area (Å²) in [4.78, 5) is 2.36. The Balaban J connectivity index is 1.28. The van der Waals surface area contributed by atoms with Crippen LogP contribution in [0.15, 0.2) is 146 Å². The number of nitrogens with zero attached hydrogens (tertiary/aromatic N) is 4. The van der Waals surface area contributed by atoms with Crippen LogP contribution in [-0.2, 0) is 19.6 Å². The normalized spacial score (nSPS) is 11.1. The Hall–Kier alpha value is -5.09. The highest BCUT2D eigenvalue weighted by atomic mass is 15.1. The quantitative estimate of drug-likeness (QED) is 0.101. The molecule has 3 aromatic heterocycles. The summed E-state index contributed by atoms with van der Waals surface area (Å²) in [7, 11) is 0. The summed E-state index contributed by atoms with van der Waals surface area (Å²) >= 11 is 0. The minimum absolute atomic E-state index is 1.06. The Morgan fingerprint density at radius 3 is 0.776 bits per heavy atom. The van der Waals surface area contributed by atoms with Gasteiger partial charge < -0.3 is 4.90 Å². The summed E-state index contributed by atoms with van der Waals surface area (Å²) in [6.07, 6.45) is 20.4. The van der Waals surface area contributed by atoms with Gasteiger partial charge in [0.1, 0.15) is 19.6 Å². The van der Waals surface area contributed by atoms with Gasteiger partial charge in [-0.25, -0.2) is 13.7 Å². The molecule has 0 aliphatic carbocycles. The van der Waals surface area contributed by atoms with Crippen molar-refractivity contribution in [3.8, 4) is 33.4 Å². The zero-order valence-electron chi connectivity index (χ0n) is 29.5. The van der Waals surface area contributed by atoms with Crippen LogP contribution >= 0.6 is 0 Å². The van der Waals surface area contributed by atoms with Gasteiger partial charge in [0.15, 0.2) is 37.2 Å². The van der Waals surface area contributed by atoms with Gasteiger partial charge in [-0.1, -0.05) is 76.4 Å². The molecule has 0 aliphatic rings. The van der Waals surface area contributed by atoms with Crippen LogP contribution in [0.1, 0.15) is 59.3 Å². The highest BCUT2D eigenvalue weighted by Gasteiger charge is 2.15. The molecule has 0 radical (unpaired) electrons. The Kier molecular flexibility index (Phi) is 11.6. The largest absolute Gasteiger partial charge is 0.311 e. The summed E-state index contributed by atoms with van der Waals surface area (Å²) in [5, 5.41) is 0. The summed E-state index contributed by atoms with van der Waals surface area (Å²) in [6, 6.07) is 40.3. The topological polar surface area (TPSA) is 14.9 Å². The van der Waals surface area contributed by atoms with Crippen LogP contribution in [0.25, 0.3) is 33.4 Å². The molecule has 4 nitrogen and oxygen atoms in total. The van der Waals surface area contributed by atoms with Crippen LogP contribution in [0.2, 0.25) is 0 Å². The second-order valence-corrected chi connectivity index (χ2v) is 13.0. The standard InChI is InChI=1S/C45H51N4/c1-4-7-28-46-31-22-40(23-32-46)37-10-16-43(17-11-37)49(44-18-12-38(13-19-44)41-24-33-47(34-25-41)29-8-5-2)45-20-14-39(15-21-45)42-26-35-48(36-27-42)30-9-6-3/h10-27,31-36H,4-9,28-30H2,1-3H3/q+3. The van der Waals surface area contributed by atoms with E-state index < -0.39 is 0 Å². The zero-order valence-corrected chi connectivity index (χ0v) is 29.5. The van der Waals surface area contributed by atoms with E-state index in [2.05, 4.69) is 186 Å². The van der Waals surface area contributed by atoms with E-state index in [0.29, 0.717) is 0 Å². The maximum atomic E-state index is 2.36. The number of rotatable bonds is 15. The summed E-state index contributed by atoms with van der Waals surface area (Å²) in [5.74, 6) is 0. The Bertz CT molecular complexity index is 1630. The fourth-order valence-corrected chi connectivity index (χ4v) is 6.27. The van der Waals surface area contributed by atoms with Crippen LogP contribution in [0, 0.1) is 0 Å². The van der Waals surface area contributed by atoms with E-state index in [1.165, 1.54) is 71.9 Å². The lowest BCUT2D eigenvalue weighted by atomic mass is 10.0. The first-order valence-corrected chi connectivity index (χ1v) is 18.2. The number of aromatic nitrogens is 3. The van der Waals surface area contributed by atoms with Crippen LogP contribution in [-0.4, -0.2) is 0 Å². The maximum Gasteiger partial charge on any atom is 0.169 e. The van der Waals surface area contributed by atoms with Gasteiger partial charge in [0.2, 0.25) is 0 Å². The monoisotopic (exact) mass is 647 g/mol. The maximum absolute atomic E-state index is 2.36. The first-order valence-electron chi connectivity index (χ1n) is 18.2. The Morgan fingerprint density at radius 1 is 0.327 bits per heavy atom. The first-order chi connectivity index (χ1) is 24.1. The van der Waals surface area contributed by atoms with Crippen molar-refractivity contribution in [2.45, 2.75) is 78.9 Å². The van der Waals surface area contributed by atoms with E-state index in [9.17, 15) is 0 Å². The van der Waals surface area contributed by atoms with Crippen LogP contribution in [0.4, 0.5) is 17.1 Å². The van der Waals surface area contributed by atoms with Gasteiger partial charge >= 0.3 is 0 Å². The van der Waals surface area contributed by atoms with Gasteiger partial charge in [0.25, 0.3) is 0 Å². The van der Waals surface area contributed by atoms with E-state index in [0.717, 1.165) is 36.7 Å². The second-order valence-electron chi connectivity index (χ2n) is 13.0. The molecule has 6 aromatic rings. The number of unbranched alkanes of at least 4 members (excludes halogenated alkanes) is 3. The van der Waals surface area contributed by atoms with Crippen molar-refractivity contribution in [1.29, 1.82) is 0 Å². The number of aryl methyl sites for hydroxylation is 3. The predicted octanol–water partition coefficient (Wildman–Crippen LogP) is 10.4. The van der Waals surface area contributed by atoms with E-state index in [1.807, 2.05) is 0 Å². The molecular formula is C45H51N4+3. The number of benzene rings is 3. The van der Waals surface area contributed by atoms with Gasteiger partial charge in [-0.2, -0.15) is 0 Å². The highest BCUT2D eigenvalue weighted by molar-refractivity contribution is 5.80. The SMILES string of the molecule is CCCC[n+]1ccc(-c2ccc(N(c3ccc(-c4cc[n+](CCCC)cc4)cc3)c3ccc(-c4cc[n+](CCCC)cc4)cc3)cc2)cc1. The smallest absolute Gasteiger partial charge is 0.169 e. The second kappa shape index (κ2) is 16.8. The lowest BCUT2D eigenvalue weighted by molar-refractivity contribution is -0.697. The predicted molar refractivity (Wildman–Crippen MR) is 203 cm³/mol. The number of hydrogen-bond donors (Lipinski definition) is 0. The molecule has 4 heteroatoms. The van der Waals surface area contributed by atoms with Gasteiger partial charge in [0, 0.05) is 72.7 Å². The molecule has 6 rings (SSSR count). The molecule has 0 bridgehead atoms. The Labute approximate surface area is 293 Å². The molecule has 0 saturated carbocycles. The number of anilines is 3. The molecule has 0 spiro atoms. The minimum Gasteiger partial charge on any atom is -0.311 e. The van der Waals surface area contributed by atoms with Crippen LogP contribution in [0.5, 0.6) is 0 Å². The molecule has 3 heterocycles. The van der Waals surface area contributed by atoms with E-state index in [4.69, 9.17) is 0 Å². The van der Waals surface area contributed by atoms with Crippen LogP contribution in [0.3, 0.4) is 0 Å². The van der Waals surface area contributed by atoms with Crippen molar-refractivity contribution in [1.82, 2.24) is 0 Å². The van der Waals surface area contributed by atoms with Crippen molar-refractivity contribution >= 4 is 17.1 Å². The third-order valence-corrected chi connectivity index (χ3v) is 9.36. The fraction of sp³-hybridized carbons (Fsp3) is 0.267. The summed E-state index contributed by atoms with van der Waals surface area (Å²) < 4.78 is 6.82. The van der Waals surface area contributed by atoms with Crippen molar-refractivity contribution in [3.05, 3.63) is 146 Å². The summed E-state index contributed by atoms with van der Waals surface area (Å²) in [5.41, 5.74) is 10.8. The molecule has 3 aromatic carbocycles. The fourth-order valence-electron chi connectivity index (χ4n) is 6.27. The number of hydrogen-bond acceptors (Lipinski definition) is 1. The first kappa shape index (κ1) is 33.8. The average Bonchev–Trinajstić information content (AvgIpc) is 3.17. The molecule has 0 unspecified atom stereocenters. The van der Waals surface area contributed by atoms with Gasteiger partial charge in [-0.15, -0.1) is 0 Å².